The molecule has 0 aliphatic carbocycles. The van der Waals surface area contributed by atoms with Crippen LogP contribution in [0.3, 0.4) is 0 Å². The number of nitrogens with zero attached hydrogens (tertiary/aromatic N) is 4. The lowest BCUT2D eigenvalue weighted by molar-refractivity contribution is -0.125. The monoisotopic (exact) mass is 547 g/mol. The van der Waals surface area contributed by atoms with Crippen molar-refractivity contribution in [3.05, 3.63) is 85.0 Å². The molecule has 8 nitrogen and oxygen atoms in total. The Morgan fingerprint density at radius 3 is 2.54 bits per heavy atom. The van der Waals surface area contributed by atoms with E-state index in [0.717, 1.165) is 27.6 Å². The summed E-state index contributed by atoms with van der Waals surface area (Å²) in [5.41, 5.74) is 6.52. The van der Waals surface area contributed by atoms with Crippen LogP contribution >= 0.6 is 11.3 Å². The van der Waals surface area contributed by atoms with Crippen LogP contribution in [0, 0.1) is 11.6 Å². The molecule has 0 atom stereocenters. The highest BCUT2D eigenvalue weighted by Crippen LogP contribution is 2.40. The molecule has 0 radical (unpaired) electrons. The quantitative estimate of drug-likeness (QED) is 0.228. The second-order valence-electron chi connectivity index (χ2n) is 8.97. The second kappa shape index (κ2) is 10.6. The summed E-state index contributed by atoms with van der Waals surface area (Å²) in [6, 6.07) is 13.1. The number of carbonyl (C=O) groups excluding carboxylic acids is 2. The van der Waals surface area contributed by atoms with Gasteiger partial charge in [-0.3, -0.25) is 19.5 Å². The van der Waals surface area contributed by atoms with Crippen molar-refractivity contribution in [1.29, 1.82) is 0 Å². The number of carbonyl (C=O) groups is 2. The van der Waals surface area contributed by atoms with Crippen molar-refractivity contribution in [2.45, 2.75) is 26.3 Å². The van der Waals surface area contributed by atoms with Gasteiger partial charge >= 0.3 is 0 Å². The van der Waals surface area contributed by atoms with Crippen molar-refractivity contribution in [3.8, 4) is 22.1 Å². The average molecular weight is 548 g/mol. The second-order valence-corrected chi connectivity index (χ2v) is 10.0. The van der Waals surface area contributed by atoms with Gasteiger partial charge in [0.15, 0.2) is 11.6 Å². The maximum Gasteiger partial charge on any atom is 0.241 e. The van der Waals surface area contributed by atoms with Gasteiger partial charge in [-0.15, -0.1) is 11.3 Å². The summed E-state index contributed by atoms with van der Waals surface area (Å²) in [6.07, 6.45) is 4.61. The molecule has 5 aromatic rings. The first-order valence-electron chi connectivity index (χ1n) is 12.0. The molecule has 0 aliphatic rings. The number of thiophene rings is 1. The number of halogens is 2. The van der Waals surface area contributed by atoms with Gasteiger partial charge in [0.2, 0.25) is 11.8 Å². The molecule has 5 rings (SSSR count). The fraction of sp³-hybridized carbons (Fsp3) is 0.143. The van der Waals surface area contributed by atoms with Crippen molar-refractivity contribution < 1.29 is 23.1 Å². The van der Waals surface area contributed by atoms with Gasteiger partial charge < -0.3 is 15.0 Å². The lowest BCUT2D eigenvalue weighted by Gasteiger charge is -2.23. The third kappa shape index (κ3) is 5.34. The largest absolute Gasteiger partial charge is 0.453 e. The van der Waals surface area contributed by atoms with E-state index in [1.165, 1.54) is 41.7 Å². The zero-order chi connectivity index (χ0) is 27.7. The molecule has 198 valence electrons. The number of primary amides is 1. The molecule has 0 saturated heterocycles. The number of nitrogens with two attached hydrogens (primary N) is 1. The molecular formula is C28H23F2N5O3S. The average Bonchev–Trinajstić information content (AvgIpc) is 3.55. The molecule has 11 heteroatoms. The minimum atomic E-state index is -0.894. The van der Waals surface area contributed by atoms with Gasteiger partial charge in [-0.2, -0.15) is 0 Å². The Hall–Kier alpha value is -4.64. The molecule has 2 N–H and O–H groups in total. The van der Waals surface area contributed by atoms with Gasteiger partial charge in [0.25, 0.3) is 0 Å². The number of imidazole rings is 1. The SMILES string of the molecule is CC(C)n1cnc(-c2cc3nccc(Oc4ccc(N(C(=O)CC(N)=O)c5ccccc5F)cc4F)c3s2)c1. The highest BCUT2D eigenvalue weighted by molar-refractivity contribution is 7.22. The molecule has 0 fully saturated rings. The zero-order valence-electron chi connectivity index (χ0n) is 21.0. The lowest BCUT2D eigenvalue weighted by Crippen LogP contribution is -2.31. The summed E-state index contributed by atoms with van der Waals surface area (Å²) in [6.45, 7) is 4.12. The lowest BCUT2D eigenvalue weighted by atomic mass is 10.2. The number of rotatable bonds is 8. The van der Waals surface area contributed by atoms with Crippen molar-refractivity contribution in [2.24, 2.45) is 5.73 Å². The maximum atomic E-state index is 15.3. The molecule has 0 unspecified atom stereocenters. The summed E-state index contributed by atoms with van der Waals surface area (Å²) in [7, 11) is 0. The first-order chi connectivity index (χ1) is 18.7. The van der Waals surface area contributed by atoms with Crippen molar-refractivity contribution in [1.82, 2.24) is 14.5 Å². The summed E-state index contributed by atoms with van der Waals surface area (Å²) < 4.78 is 38.5. The van der Waals surface area contributed by atoms with Crippen molar-refractivity contribution >= 4 is 44.7 Å². The van der Waals surface area contributed by atoms with Gasteiger partial charge in [-0.1, -0.05) is 12.1 Å². The Morgan fingerprint density at radius 2 is 1.85 bits per heavy atom. The van der Waals surface area contributed by atoms with Gasteiger partial charge in [0.05, 0.1) is 38.5 Å². The highest BCUT2D eigenvalue weighted by Gasteiger charge is 2.24. The first kappa shape index (κ1) is 26.0. The number of ether oxygens (including phenoxy) is 1. The standard InChI is InChI=1S/C28H23F2N5O3S/c1-16(2)34-14-21(33-15-34)25-12-20-28(39-25)24(9-10-32-20)38-23-8-7-17(11-19(23)30)35(27(37)13-26(31)36)22-6-4-3-5-18(22)29/h3-12,14-16H,13H2,1-2H3,(H2,31,36). The molecule has 3 heterocycles. The minimum Gasteiger partial charge on any atom is -0.453 e. The van der Waals surface area contributed by atoms with Crippen LogP contribution in [0.1, 0.15) is 26.3 Å². The van der Waals surface area contributed by atoms with Crippen molar-refractivity contribution in [2.75, 3.05) is 4.90 Å². The van der Waals surface area contributed by atoms with Crippen LogP contribution in [0.2, 0.25) is 0 Å². The molecule has 39 heavy (non-hydrogen) atoms. The first-order valence-corrected chi connectivity index (χ1v) is 12.8. The maximum absolute atomic E-state index is 15.3. The van der Waals surface area contributed by atoms with Gasteiger partial charge in [0, 0.05) is 30.6 Å². The van der Waals surface area contributed by atoms with Crippen LogP contribution < -0.4 is 15.4 Å². The zero-order valence-corrected chi connectivity index (χ0v) is 21.8. The molecule has 0 saturated carbocycles. The Labute approximate surface area is 226 Å². The summed E-state index contributed by atoms with van der Waals surface area (Å²) in [4.78, 5) is 34.9. The topological polar surface area (TPSA) is 103 Å². The number of hydrogen-bond acceptors (Lipinski definition) is 6. The number of fused-ring (bicyclic) bond motifs is 1. The van der Waals surface area contributed by atoms with Gasteiger partial charge in [-0.25, -0.2) is 13.8 Å². The van der Waals surface area contributed by atoms with E-state index in [-0.39, 0.29) is 23.2 Å². The van der Waals surface area contributed by atoms with Crippen LogP contribution in [-0.2, 0) is 9.59 Å². The molecule has 2 aromatic carbocycles. The Balaban J connectivity index is 1.47. The predicted octanol–water partition coefficient (Wildman–Crippen LogP) is 6.35. The molecule has 3 aromatic heterocycles. The fourth-order valence-corrected chi connectivity index (χ4v) is 5.00. The van der Waals surface area contributed by atoms with Crippen LogP contribution in [0.5, 0.6) is 11.5 Å². The molecule has 0 bridgehead atoms. The normalized spacial score (nSPS) is 11.2. The van der Waals surface area contributed by atoms with E-state index in [0.29, 0.717) is 16.0 Å². The van der Waals surface area contributed by atoms with E-state index >= 15 is 4.39 Å². The minimum absolute atomic E-state index is 0.00947. The number of pyridine rings is 1. The van der Waals surface area contributed by atoms with E-state index in [1.54, 1.807) is 18.6 Å². The molecule has 2 amide bonds. The van der Waals surface area contributed by atoms with E-state index in [2.05, 4.69) is 23.8 Å². The number of benzene rings is 2. The van der Waals surface area contributed by atoms with Crippen LogP contribution in [0.4, 0.5) is 20.2 Å². The van der Waals surface area contributed by atoms with E-state index < -0.39 is 29.9 Å². The van der Waals surface area contributed by atoms with Gasteiger partial charge in [-0.05, 0) is 44.2 Å². The third-order valence-corrected chi connectivity index (χ3v) is 7.05. The number of amides is 2. The molecule has 0 spiro atoms. The number of para-hydroxylation sites is 1. The van der Waals surface area contributed by atoms with Crippen LogP contribution in [0.25, 0.3) is 20.8 Å². The highest BCUT2D eigenvalue weighted by atomic mass is 32.1. The van der Waals surface area contributed by atoms with Crippen LogP contribution in [0.15, 0.2) is 73.3 Å². The number of aromatic nitrogens is 3. The van der Waals surface area contributed by atoms with Gasteiger partial charge in [0.1, 0.15) is 18.0 Å². The molecule has 0 aliphatic heterocycles. The third-order valence-electron chi connectivity index (χ3n) is 5.89. The number of hydrogen-bond donors (Lipinski definition) is 1. The Kier molecular flexibility index (Phi) is 7.07. The predicted molar refractivity (Wildman–Crippen MR) is 145 cm³/mol. The Morgan fingerprint density at radius 1 is 1.05 bits per heavy atom. The summed E-state index contributed by atoms with van der Waals surface area (Å²) in [5.74, 6) is -2.93. The molecular weight excluding hydrogens is 524 g/mol. The summed E-state index contributed by atoms with van der Waals surface area (Å²) >= 11 is 1.42. The van der Waals surface area contributed by atoms with Crippen LogP contribution in [-0.4, -0.2) is 26.3 Å². The fourth-order valence-electron chi connectivity index (χ4n) is 3.98. The Bertz CT molecular complexity index is 1700. The van der Waals surface area contributed by atoms with E-state index in [4.69, 9.17) is 10.5 Å². The summed E-state index contributed by atoms with van der Waals surface area (Å²) in [5, 5.41) is 0. The van der Waals surface area contributed by atoms with E-state index in [1.807, 2.05) is 16.8 Å². The van der Waals surface area contributed by atoms with Crippen molar-refractivity contribution in [3.63, 3.8) is 0 Å². The van der Waals surface area contributed by atoms with E-state index in [9.17, 15) is 14.0 Å². The number of anilines is 2. The smallest absolute Gasteiger partial charge is 0.241 e.